The molecule has 2 aromatic heterocycles. The second-order valence-electron chi connectivity index (χ2n) is 8.68. The number of hydrogen-bond donors (Lipinski definition) is 2. The van der Waals surface area contributed by atoms with Gasteiger partial charge in [-0.25, -0.2) is 4.79 Å². The number of piperazine rings is 1. The maximum atomic E-state index is 11.6. The van der Waals surface area contributed by atoms with E-state index in [1.807, 2.05) is 36.4 Å². The molecule has 5 rings (SSSR count). The van der Waals surface area contributed by atoms with Gasteiger partial charge in [0.2, 0.25) is 0 Å². The molecule has 4 aromatic rings. The number of nitrogens with two attached hydrogens (primary N) is 1. The summed E-state index contributed by atoms with van der Waals surface area (Å²) < 4.78 is 5.25. The quantitative estimate of drug-likeness (QED) is 0.348. The van der Waals surface area contributed by atoms with E-state index in [2.05, 4.69) is 27.0 Å². The molecule has 1 saturated heterocycles. The molecular formula is C26H27N5O2. The van der Waals surface area contributed by atoms with E-state index in [1.165, 1.54) is 10.9 Å². The third-order valence-corrected chi connectivity index (χ3v) is 6.55. The smallest absolute Gasteiger partial charge is 0.359 e. The first-order valence-electron chi connectivity index (χ1n) is 11.4. The fraction of sp³-hybridized carbons (Fsp3) is 0.308. The molecule has 0 unspecified atom stereocenters. The van der Waals surface area contributed by atoms with Crippen molar-refractivity contribution in [3.8, 4) is 6.07 Å². The number of aryl methyl sites for hydroxylation is 1. The molecular weight excluding hydrogens is 414 g/mol. The Balaban J connectivity index is 1.12. The van der Waals surface area contributed by atoms with Gasteiger partial charge in [-0.2, -0.15) is 5.26 Å². The number of hydrogen-bond acceptors (Lipinski definition) is 6. The van der Waals surface area contributed by atoms with Crippen LogP contribution in [0, 0.1) is 11.3 Å². The van der Waals surface area contributed by atoms with E-state index in [0.717, 1.165) is 68.6 Å². The maximum absolute atomic E-state index is 11.6. The summed E-state index contributed by atoms with van der Waals surface area (Å²) in [5.41, 5.74) is 10.2. The van der Waals surface area contributed by atoms with Crippen LogP contribution in [-0.2, 0) is 6.42 Å². The largest absolute Gasteiger partial charge is 0.421 e. The zero-order valence-electron chi connectivity index (χ0n) is 18.5. The highest BCUT2D eigenvalue weighted by Gasteiger charge is 2.17. The number of fused-ring (bicyclic) bond motifs is 2. The minimum atomic E-state index is -0.486. The zero-order chi connectivity index (χ0) is 22.8. The normalized spacial score (nSPS) is 14.7. The van der Waals surface area contributed by atoms with E-state index in [0.29, 0.717) is 11.1 Å². The minimum absolute atomic E-state index is 0.141. The lowest BCUT2D eigenvalue weighted by Gasteiger charge is -2.36. The highest BCUT2D eigenvalue weighted by Crippen LogP contribution is 2.24. The van der Waals surface area contributed by atoms with Crippen LogP contribution in [0.4, 0.5) is 11.4 Å². The van der Waals surface area contributed by atoms with Gasteiger partial charge in [0.1, 0.15) is 11.3 Å². The van der Waals surface area contributed by atoms with Crippen molar-refractivity contribution in [3.63, 3.8) is 0 Å². The molecule has 3 heterocycles. The molecule has 3 N–H and O–H groups in total. The van der Waals surface area contributed by atoms with E-state index in [-0.39, 0.29) is 5.69 Å². The van der Waals surface area contributed by atoms with Gasteiger partial charge in [-0.3, -0.25) is 4.90 Å². The third kappa shape index (κ3) is 4.43. The number of aromatic nitrogens is 1. The molecule has 1 aliphatic rings. The van der Waals surface area contributed by atoms with Crippen LogP contribution in [-0.4, -0.2) is 42.6 Å². The molecule has 1 aliphatic heterocycles. The van der Waals surface area contributed by atoms with Gasteiger partial charge in [0.15, 0.2) is 0 Å². The highest BCUT2D eigenvalue weighted by atomic mass is 16.4. The molecule has 0 spiro atoms. The molecule has 0 saturated carbocycles. The maximum Gasteiger partial charge on any atom is 0.359 e. The molecule has 0 atom stereocenters. The Morgan fingerprint density at radius 3 is 2.73 bits per heavy atom. The van der Waals surface area contributed by atoms with E-state index < -0.39 is 5.63 Å². The van der Waals surface area contributed by atoms with Crippen LogP contribution in [0.5, 0.6) is 0 Å². The standard InChI is InChI=1S/C26H27N5O2/c27-16-18-4-6-24-22(13-18)19(17-29-24)3-1-2-8-30-9-11-31(12-10-30)21-5-7-25-20(14-21)15-23(28)26(32)33-25/h4-7,13-15,17,29H,1-3,8-12,28H2. The zero-order valence-corrected chi connectivity index (χ0v) is 18.5. The lowest BCUT2D eigenvalue weighted by molar-refractivity contribution is 0.253. The molecule has 7 heteroatoms. The summed E-state index contributed by atoms with van der Waals surface area (Å²) in [6, 6.07) is 15.6. The number of unbranched alkanes of at least 4 members (excludes halogenated alkanes) is 1. The topological polar surface area (TPSA) is 102 Å². The summed E-state index contributed by atoms with van der Waals surface area (Å²) >= 11 is 0. The Hall–Kier alpha value is -3.76. The Bertz CT molecular complexity index is 1390. The second kappa shape index (κ2) is 9.00. The predicted octanol–water partition coefficient (Wildman–Crippen LogP) is 3.87. The van der Waals surface area contributed by atoms with Crippen molar-refractivity contribution in [2.75, 3.05) is 43.4 Å². The number of aromatic amines is 1. The fourth-order valence-electron chi connectivity index (χ4n) is 4.66. The summed E-state index contributed by atoms with van der Waals surface area (Å²) in [6.45, 7) is 5.10. The number of rotatable bonds is 6. The van der Waals surface area contributed by atoms with Gasteiger partial charge in [-0.15, -0.1) is 0 Å². The summed E-state index contributed by atoms with van der Waals surface area (Å²) in [6.07, 6.45) is 5.37. The molecule has 168 valence electrons. The number of benzene rings is 2. The molecule has 33 heavy (non-hydrogen) atoms. The third-order valence-electron chi connectivity index (χ3n) is 6.55. The number of nitrogens with one attached hydrogen (secondary N) is 1. The van der Waals surface area contributed by atoms with Crippen LogP contribution in [0.15, 0.2) is 57.9 Å². The van der Waals surface area contributed by atoms with Crippen molar-refractivity contribution in [3.05, 3.63) is 70.2 Å². The van der Waals surface area contributed by atoms with Gasteiger partial charge >= 0.3 is 5.63 Å². The van der Waals surface area contributed by atoms with Crippen LogP contribution >= 0.6 is 0 Å². The fourth-order valence-corrected chi connectivity index (χ4v) is 4.66. The lowest BCUT2D eigenvalue weighted by Crippen LogP contribution is -2.46. The van der Waals surface area contributed by atoms with Crippen LogP contribution in [0.3, 0.4) is 0 Å². The number of nitrogens with zero attached hydrogens (tertiary/aromatic N) is 3. The van der Waals surface area contributed by atoms with E-state index >= 15 is 0 Å². The molecule has 2 aromatic carbocycles. The summed E-state index contributed by atoms with van der Waals surface area (Å²) in [5.74, 6) is 0. The van der Waals surface area contributed by atoms with Crippen LogP contribution in [0.25, 0.3) is 21.9 Å². The Morgan fingerprint density at radius 2 is 1.91 bits per heavy atom. The Kier molecular flexibility index (Phi) is 5.76. The number of nitriles is 1. The number of anilines is 2. The highest BCUT2D eigenvalue weighted by molar-refractivity contribution is 5.84. The van der Waals surface area contributed by atoms with Gasteiger partial charge in [0.05, 0.1) is 11.6 Å². The number of H-pyrrole nitrogens is 1. The van der Waals surface area contributed by atoms with Crippen molar-refractivity contribution in [2.24, 2.45) is 0 Å². The molecule has 0 aliphatic carbocycles. The average Bonchev–Trinajstić information content (AvgIpc) is 3.25. The second-order valence-corrected chi connectivity index (χ2v) is 8.68. The van der Waals surface area contributed by atoms with Gasteiger partial charge in [-0.1, -0.05) is 0 Å². The predicted molar refractivity (Wildman–Crippen MR) is 132 cm³/mol. The van der Waals surface area contributed by atoms with E-state index in [1.54, 1.807) is 6.07 Å². The SMILES string of the molecule is N#Cc1ccc2[nH]cc(CCCCN3CCN(c4ccc5oc(=O)c(N)cc5c4)CC3)c2c1. The van der Waals surface area contributed by atoms with Crippen LogP contribution < -0.4 is 16.3 Å². The summed E-state index contributed by atoms with van der Waals surface area (Å²) in [5, 5.41) is 11.2. The van der Waals surface area contributed by atoms with Crippen molar-refractivity contribution >= 4 is 33.2 Å². The van der Waals surface area contributed by atoms with Gasteiger partial charge in [0, 0.05) is 54.4 Å². The van der Waals surface area contributed by atoms with Crippen molar-refractivity contribution in [1.29, 1.82) is 5.26 Å². The Labute approximate surface area is 192 Å². The first-order chi connectivity index (χ1) is 16.1. The minimum Gasteiger partial charge on any atom is -0.421 e. The van der Waals surface area contributed by atoms with Crippen LogP contribution in [0.1, 0.15) is 24.0 Å². The first-order valence-corrected chi connectivity index (χ1v) is 11.4. The lowest BCUT2D eigenvalue weighted by atomic mass is 10.1. The molecule has 7 nitrogen and oxygen atoms in total. The summed E-state index contributed by atoms with van der Waals surface area (Å²) in [4.78, 5) is 19.8. The van der Waals surface area contributed by atoms with Crippen molar-refractivity contribution in [2.45, 2.75) is 19.3 Å². The van der Waals surface area contributed by atoms with E-state index in [9.17, 15) is 4.79 Å². The first kappa shape index (κ1) is 21.1. The Morgan fingerprint density at radius 1 is 1.06 bits per heavy atom. The molecule has 1 fully saturated rings. The number of nitrogen functional groups attached to an aromatic ring is 1. The van der Waals surface area contributed by atoms with Gasteiger partial charge < -0.3 is 20.0 Å². The van der Waals surface area contributed by atoms with E-state index in [4.69, 9.17) is 15.4 Å². The van der Waals surface area contributed by atoms with Crippen LogP contribution in [0.2, 0.25) is 0 Å². The van der Waals surface area contributed by atoms with Gasteiger partial charge in [-0.05, 0) is 73.8 Å². The van der Waals surface area contributed by atoms with Gasteiger partial charge in [0.25, 0.3) is 0 Å². The average molecular weight is 442 g/mol. The van der Waals surface area contributed by atoms with Crippen molar-refractivity contribution in [1.82, 2.24) is 9.88 Å². The monoisotopic (exact) mass is 441 g/mol. The molecule has 0 bridgehead atoms. The summed E-state index contributed by atoms with van der Waals surface area (Å²) in [7, 11) is 0. The molecule has 0 amide bonds. The van der Waals surface area contributed by atoms with Crippen molar-refractivity contribution < 1.29 is 4.42 Å². The molecule has 0 radical (unpaired) electrons.